The monoisotopic (exact) mass is 194 g/mol. The SMILES string of the molecule is CCCOCC(CCCCl)NN. The predicted molar refractivity (Wildman–Crippen MR) is 52.2 cm³/mol. The van der Waals surface area contributed by atoms with E-state index in [0.29, 0.717) is 12.5 Å². The van der Waals surface area contributed by atoms with Crippen molar-refractivity contribution in [3.63, 3.8) is 0 Å². The topological polar surface area (TPSA) is 47.3 Å². The Kier molecular flexibility index (Phi) is 9.39. The zero-order valence-corrected chi connectivity index (χ0v) is 8.44. The summed E-state index contributed by atoms with van der Waals surface area (Å²) >= 11 is 5.55. The Morgan fingerprint density at radius 1 is 1.58 bits per heavy atom. The van der Waals surface area contributed by atoms with Gasteiger partial charge in [0.25, 0.3) is 0 Å². The molecule has 0 aromatic heterocycles. The Labute approximate surface area is 79.6 Å². The highest BCUT2D eigenvalue weighted by atomic mass is 35.5. The molecule has 0 radical (unpaired) electrons. The van der Waals surface area contributed by atoms with Gasteiger partial charge in [-0.3, -0.25) is 11.3 Å². The van der Waals surface area contributed by atoms with Gasteiger partial charge in [0.05, 0.1) is 6.61 Å². The first-order chi connectivity index (χ1) is 5.85. The van der Waals surface area contributed by atoms with Crippen molar-refractivity contribution in [2.45, 2.75) is 32.2 Å². The van der Waals surface area contributed by atoms with Crippen LogP contribution in [0.3, 0.4) is 0 Å². The van der Waals surface area contributed by atoms with Crippen LogP contribution in [0.2, 0.25) is 0 Å². The average Bonchev–Trinajstić information content (AvgIpc) is 2.11. The van der Waals surface area contributed by atoms with Crippen LogP contribution >= 0.6 is 11.6 Å². The molecule has 3 nitrogen and oxygen atoms in total. The maximum Gasteiger partial charge on any atom is 0.0633 e. The zero-order valence-electron chi connectivity index (χ0n) is 7.68. The van der Waals surface area contributed by atoms with Crippen LogP contribution < -0.4 is 11.3 Å². The van der Waals surface area contributed by atoms with E-state index in [2.05, 4.69) is 12.3 Å². The van der Waals surface area contributed by atoms with Gasteiger partial charge in [-0.1, -0.05) is 6.92 Å². The van der Waals surface area contributed by atoms with Crippen molar-refractivity contribution in [2.24, 2.45) is 5.84 Å². The van der Waals surface area contributed by atoms with Gasteiger partial charge in [0.2, 0.25) is 0 Å². The summed E-state index contributed by atoms with van der Waals surface area (Å²) in [5, 5.41) is 0. The minimum absolute atomic E-state index is 0.246. The average molecular weight is 195 g/mol. The fourth-order valence-corrected chi connectivity index (χ4v) is 1.06. The van der Waals surface area contributed by atoms with Crippen molar-refractivity contribution >= 4 is 11.6 Å². The minimum atomic E-state index is 0.246. The highest BCUT2D eigenvalue weighted by Gasteiger charge is 2.04. The van der Waals surface area contributed by atoms with Crippen molar-refractivity contribution in [1.29, 1.82) is 0 Å². The lowest BCUT2D eigenvalue weighted by Gasteiger charge is -2.14. The van der Waals surface area contributed by atoms with Crippen molar-refractivity contribution in [2.75, 3.05) is 19.1 Å². The first kappa shape index (κ1) is 12.2. The van der Waals surface area contributed by atoms with Gasteiger partial charge in [-0.25, -0.2) is 0 Å². The minimum Gasteiger partial charge on any atom is -0.380 e. The molecule has 12 heavy (non-hydrogen) atoms. The lowest BCUT2D eigenvalue weighted by Crippen LogP contribution is -2.38. The van der Waals surface area contributed by atoms with E-state index in [9.17, 15) is 0 Å². The van der Waals surface area contributed by atoms with E-state index in [1.165, 1.54) is 0 Å². The lowest BCUT2D eigenvalue weighted by atomic mass is 10.2. The molecule has 0 aliphatic heterocycles. The third-order valence-electron chi connectivity index (χ3n) is 1.59. The maximum absolute atomic E-state index is 5.55. The van der Waals surface area contributed by atoms with Gasteiger partial charge in [-0.15, -0.1) is 11.6 Å². The number of ether oxygens (including phenoxy) is 1. The summed E-state index contributed by atoms with van der Waals surface area (Å²) in [6.07, 6.45) is 3.00. The van der Waals surface area contributed by atoms with Crippen LogP contribution in [0.1, 0.15) is 26.2 Å². The molecule has 0 bridgehead atoms. The molecule has 0 aliphatic rings. The summed E-state index contributed by atoms with van der Waals surface area (Å²) in [7, 11) is 0. The highest BCUT2D eigenvalue weighted by molar-refractivity contribution is 6.17. The van der Waals surface area contributed by atoms with Crippen LogP contribution in [0.15, 0.2) is 0 Å². The summed E-state index contributed by atoms with van der Waals surface area (Å²) in [5.74, 6) is 6.01. The Balaban J connectivity index is 3.26. The molecule has 0 rings (SSSR count). The first-order valence-electron chi connectivity index (χ1n) is 4.45. The van der Waals surface area contributed by atoms with Crippen molar-refractivity contribution in [3.05, 3.63) is 0 Å². The zero-order chi connectivity index (χ0) is 9.23. The van der Waals surface area contributed by atoms with E-state index in [1.807, 2.05) is 0 Å². The summed E-state index contributed by atoms with van der Waals surface area (Å²) in [6.45, 7) is 3.57. The molecule has 0 spiro atoms. The molecule has 0 heterocycles. The second-order valence-electron chi connectivity index (χ2n) is 2.77. The van der Waals surface area contributed by atoms with Gasteiger partial charge < -0.3 is 4.74 Å². The molecular weight excluding hydrogens is 176 g/mol. The van der Waals surface area contributed by atoms with Crippen LogP contribution in [-0.4, -0.2) is 25.1 Å². The highest BCUT2D eigenvalue weighted by Crippen LogP contribution is 1.98. The summed E-state index contributed by atoms with van der Waals surface area (Å²) in [6, 6.07) is 0.246. The molecule has 3 N–H and O–H groups in total. The summed E-state index contributed by atoms with van der Waals surface area (Å²) in [5.41, 5.74) is 2.71. The molecule has 4 heteroatoms. The van der Waals surface area contributed by atoms with Gasteiger partial charge in [0.1, 0.15) is 0 Å². The maximum atomic E-state index is 5.55. The van der Waals surface area contributed by atoms with Crippen molar-refractivity contribution in [1.82, 2.24) is 5.43 Å². The first-order valence-corrected chi connectivity index (χ1v) is 4.98. The van der Waals surface area contributed by atoms with Gasteiger partial charge in [0, 0.05) is 18.5 Å². The number of alkyl halides is 1. The molecule has 0 amide bonds. The standard InChI is InChI=1S/C8H19ClN2O/c1-2-6-12-7-8(11-10)4-3-5-9/h8,11H,2-7,10H2,1H3. The normalized spacial score (nSPS) is 13.2. The number of rotatable bonds is 8. The summed E-state index contributed by atoms with van der Waals surface area (Å²) in [4.78, 5) is 0. The fourth-order valence-electron chi connectivity index (χ4n) is 0.908. The van der Waals surface area contributed by atoms with Gasteiger partial charge in [-0.2, -0.15) is 0 Å². The van der Waals surface area contributed by atoms with Crippen molar-refractivity contribution < 1.29 is 4.74 Å². The van der Waals surface area contributed by atoms with E-state index in [-0.39, 0.29) is 6.04 Å². The number of nitrogens with one attached hydrogen (secondary N) is 1. The predicted octanol–water partition coefficient (Wildman–Crippen LogP) is 1.26. The van der Waals surface area contributed by atoms with E-state index in [4.69, 9.17) is 22.2 Å². The van der Waals surface area contributed by atoms with E-state index < -0.39 is 0 Å². The number of hydrazine groups is 1. The lowest BCUT2D eigenvalue weighted by molar-refractivity contribution is 0.109. The Bertz CT molecular complexity index is 93.1. The molecule has 1 unspecified atom stereocenters. The van der Waals surface area contributed by atoms with E-state index >= 15 is 0 Å². The van der Waals surface area contributed by atoms with Gasteiger partial charge in [0.15, 0.2) is 0 Å². The van der Waals surface area contributed by atoms with E-state index in [0.717, 1.165) is 25.9 Å². The molecular formula is C8H19ClN2O. The molecule has 0 saturated heterocycles. The molecule has 0 fully saturated rings. The molecule has 1 atom stereocenters. The second kappa shape index (κ2) is 9.26. The van der Waals surface area contributed by atoms with Crippen LogP contribution in [-0.2, 0) is 4.74 Å². The van der Waals surface area contributed by atoms with Crippen LogP contribution in [0, 0.1) is 0 Å². The van der Waals surface area contributed by atoms with Crippen LogP contribution in [0.25, 0.3) is 0 Å². The Hall–Kier alpha value is 0.170. The fraction of sp³-hybridized carbons (Fsp3) is 1.00. The van der Waals surface area contributed by atoms with Gasteiger partial charge >= 0.3 is 0 Å². The third kappa shape index (κ3) is 6.85. The largest absolute Gasteiger partial charge is 0.380 e. The molecule has 74 valence electrons. The van der Waals surface area contributed by atoms with Gasteiger partial charge in [-0.05, 0) is 19.3 Å². The van der Waals surface area contributed by atoms with Crippen LogP contribution in [0.4, 0.5) is 0 Å². The number of halogens is 1. The smallest absolute Gasteiger partial charge is 0.0633 e. The number of hydrogen-bond acceptors (Lipinski definition) is 3. The Morgan fingerprint density at radius 3 is 2.83 bits per heavy atom. The quantitative estimate of drug-likeness (QED) is 0.265. The Morgan fingerprint density at radius 2 is 2.33 bits per heavy atom. The molecule has 0 aromatic rings. The van der Waals surface area contributed by atoms with Crippen molar-refractivity contribution in [3.8, 4) is 0 Å². The summed E-state index contributed by atoms with van der Waals surface area (Å²) < 4.78 is 5.35. The number of hydrogen-bond donors (Lipinski definition) is 2. The van der Waals surface area contributed by atoms with E-state index in [1.54, 1.807) is 0 Å². The molecule has 0 saturated carbocycles. The number of nitrogens with two attached hydrogens (primary N) is 1. The van der Waals surface area contributed by atoms with Crippen LogP contribution in [0.5, 0.6) is 0 Å². The molecule has 0 aromatic carbocycles. The second-order valence-corrected chi connectivity index (χ2v) is 3.15. The molecule has 0 aliphatic carbocycles. The third-order valence-corrected chi connectivity index (χ3v) is 1.86.